The van der Waals surface area contributed by atoms with Crippen LogP contribution in [0.4, 0.5) is 0 Å². The van der Waals surface area contributed by atoms with Crippen LogP contribution in [0.15, 0.2) is 24.3 Å². The van der Waals surface area contributed by atoms with Crippen LogP contribution in [0.5, 0.6) is 0 Å². The topological polar surface area (TPSA) is 20.2 Å². The molecule has 1 unspecified atom stereocenters. The lowest BCUT2D eigenvalue weighted by molar-refractivity contribution is 0.244. The molecule has 11 heavy (non-hydrogen) atoms. The fraction of sp³-hybridized carbons (Fsp3) is 0.600. The van der Waals surface area contributed by atoms with E-state index in [0.29, 0.717) is 5.92 Å². The van der Waals surface area contributed by atoms with Gasteiger partial charge in [-0.3, -0.25) is 0 Å². The molecule has 0 aromatic carbocycles. The van der Waals surface area contributed by atoms with Crippen LogP contribution in [0.25, 0.3) is 0 Å². The third-order valence-electron chi connectivity index (χ3n) is 1.24. The fourth-order valence-electron chi connectivity index (χ4n) is 0.654. The minimum absolute atomic E-state index is 0.335. The Morgan fingerprint density at radius 1 is 1.18 bits per heavy atom. The second-order valence-corrected chi connectivity index (χ2v) is 3.18. The van der Waals surface area contributed by atoms with Crippen molar-refractivity contribution in [3.8, 4) is 0 Å². The predicted octanol–water partition coefficient (Wildman–Crippen LogP) is 2.53. The summed E-state index contributed by atoms with van der Waals surface area (Å²) in [4.78, 5) is 0. The van der Waals surface area contributed by atoms with Crippen molar-refractivity contribution in [2.45, 2.75) is 33.3 Å². The van der Waals surface area contributed by atoms with Crippen molar-refractivity contribution in [1.29, 1.82) is 0 Å². The highest BCUT2D eigenvalue weighted by atomic mass is 16.3. The SMILES string of the molecule is CC(O)C=CC=CCC(C)C. The van der Waals surface area contributed by atoms with Crippen molar-refractivity contribution in [2.75, 3.05) is 0 Å². The molecule has 0 radical (unpaired) electrons. The Labute approximate surface area is 69.4 Å². The van der Waals surface area contributed by atoms with Gasteiger partial charge in [0, 0.05) is 0 Å². The number of hydrogen-bond donors (Lipinski definition) is 1. The molecular formula is C10H18O. The Morgan fingerprint density at radius 3 is 2.27 bits per heavy atom. The van der Waals surface area contributed by atoms with Gasteiger partial charge in [0.05, 0.1) is 6.10 Å². The number of hydrogen-bond acceptors (Lipinski definition) is 1. The summed E-state index contributed by atoms with van der Waals surface area (Å²) in [6, 6.07) is 0. The first-order valence-corrected chi connectivity index (χ1v) is 4.14. The van der Waals surface area contributed by atoms with E-state index in [2.05, 4.69) is 19.9 Å². The zero-order chi connectivity index (χ0) is 8.69. The van der Waals surface area contributed by atoms with Gasteiger partial charge in [0.2, 0.25) is 0 Å². The summed E-state index contributed by atoms with van der Waals surface area (Å²) in [5.74, 6) is 0.714. The van der Waals surface area contributed by atoms with Crippen LogP contribution >= 0.6 is 0 Å². The Morgan fingerprint density at radius 2 is 1.82 bits per heavy atom. The van der Waals surface area contributed by atoms with Crippen molar-refractivity contribution in [1.82, 2.24) is 0 Å². The summed E-state index contributed by atoms with van der Waals surface area (Å²) in [6.45, 7) is 6.11. The molecule has 0 spiro atoms. The molecule has 1 nitrogen and oxygen atoms in total. The Hall–Kier alpha value is -0.560. The van der Waals surface area contributed by atoms with Gasteiger partial charge in [0.1, 0.15) is 0 Å². The molecule has 0 aliphatic heterocycles. The predicted molar refractivity (Wildman–Crippen MR) is 49.4 cm³/mol. The van der Waals surface area contributed by atoms with Gasteiger partial charge in [0.15, 0.2) is 0 Å². The van der Waals surface area contributed by atoms with Crippen LogP contribution < -0.4 is 0 Å². The van der Waals surface area contributed by atoms with Gasteiger partial charge in [-0.05, 0) is 19.3 Å². The maximum Gasteiger partial charge on any atom is 0.0695 e. The fourth-order valence-corrected chi connectivity index (χ4v) is 0.654. The zero-order valence-electron chi connectivity index (χ0n) is 7.62. The molecule has 0 aliphatic rings. The Balaban J connectivity index is 3.44. The molecule has 0 amide bonds. The van der Waals surface area contributed by atoms with Gasteiger partial charge in [-0.15, -0.1) is 0 Å². The average molecular weight is 154 g/mol. The molecule has 64 valence electrons. The monoisotopic (exact) mass is 154 g/mol. The molecule has 0 fully saturated rings. The number of allylic oxidation sites excluding steroid dienone is 3. The van der Waals surface area contributed by atoms with E-state index in [1.54, 1.807) is 13.0 Å². The molecule has 0 aliphatic carbocycles. The smallest absolute Gasteiger partial charge is 0.0695 e. The number of aliphatic hydroxyl groups is 1. The summed E-state index contributed by atoms with van der Waals surface area (Å²) in [7, 11) is 0. The molecule has 0 saturated carbocycles. The first-order chi connectivity index (χ1) is 5.13. The molecule has 1 atom stereocenters. The molecule has 0 aromatic rings. The van der Waals surface area contributed by atoms with Crippen molar-refractivity contribution in [2.24, 2.45) is 5.92 Å². The first-order valence-electron chi connectivity index (χ1n) is 4.14. The molecule has 1 heteroatoms. The average Bonchev–Trinajstić information content (AvgIpc) is 1.85. The second-order valence-electron chi connectivity index (χ2n) is 3.18. The van der Waals surface area contributed by atoms with E-state index in [1.165, 1.54) is 0 Å². The normalized spacial score (nSPS) is 15.4. The van der Waals surface area contributed by atoms with Gasteiger partial charge in [-0.2, -0.15) is 0 Å². The second kappa shape index (κ2) is 6.17. The Bertz CT molecular complexity index is 132. The lowest BCUT2D eigenvalue weighted by Crippen LogP contribution is -1.90. The van der Waals surface area contributed by atoms with E-state index in [0.717, 1.165) is 6.42 Å². The van der Waals surface area contributed by atoms with Crippen LogP contribution in [0.2, 0.25) is 0 Å². The maximum atomic E-state index is 8.84. The number of aliphatic hydroxyl groups excluding tert-OH is 1. The summed E-state index contributed by atoms with van der Waals surface area (Å²) in [6.07, 6.45) is 8.50. The summed E-state index contributed by atoms with van der Waals surface area (Å²) in [5.41, 5.74) is 0. The van der Waals surface area contributed by atoms with E-state index in [-0.39, 0.29) is 6.10 Å². The molecule has 0 saturated heterocycles. The van der Waals surface area contributed by atoms with Crippen LogP contribution in [0.1, 0.15) is 27.2 Å². The van der Waals surface area contributed by atoms with Gasteiger partial charge >= 0.3 is 0 Å². The lowest BCUT2D eigenvalue weighted by Gasteiger charge is -1.95. The quantitative estimate of drug-likeness (QED) is 0.617. The van der Waals surface area contributed by atoms with Crippen molar-refractivity contribution in [3.63, 3.8) is 0 Å². The highest BCUT2D eigenvalue weighted by Gasteiger charge is 1.85. The lowest BCUT2D eigenvalue weighted by atomic mass is 10.1. The third kappa shape index (κ3) is 9.44. The van der Waals surface area contributed by atoms with Crippen molar-refractivity contribution >= 4 is 0 Å². The van der Waals surface area contributed by atoms with E-state index in [4.69, 9.17) is 5.11 Å². The van der Waals surface area contributed by atoms with Crippen LogP contribution in [-0.2, 0) is 0 Å². The van der Waals surface area contributed by atoms with Gasteiger partial charge < -0.3 is 5.11 Å². The number of rotatable bonds is 4. The van der Waals surface area contributed by atoms with Gasteiger partial charge in [-0.25, -0.2) is 0 Å². The van der Waals surface area contributed by atoms with Crippen LogP contribution in [0, 0.1) is 5.92 Å². The third-order valence-corrected chi connectivity index (χ3v) is 1.24. The minimum atomic E-state index is -0.335. The van der Waals surface area contributed by atoms with Crippen LogP contribution in [-0.4, -0.2) is 11.2 Å². The standard InChI is InChI=1S/C10H18O/c1-9(2)7-5-4-6-8-10(3)11/h4-6,8-11H,7H2,1-3H3. The first kappa shape index (κ1) is 10.4. The van der Waals surface area contributed by atoms with E-state index in [9.17, 15) is 0 Å². The highest BCUT2D eigenvalue weighted by Crippen LogP contribution is 1.99. The van der Waals surface area contributed by atoms with Crippen molar-refractivity contribution in [3.05, 3.63) is 24.3 Å². The molecule has 0 aromatic heterocycles. The van der Waals surface area contributed by atoms with Gasteiger partial charge in [-0.1, -0.05) is 38.2 Å². The highest BCUT2D eigenvalue weighted by molar-refractivity contribution is 5.04. The van der Waals surface area contributed by atoms with Crippen molar-refractivity contribution < 1.29 is 5.11 Å². The molecule has 0 heterocycles. The zero-order valence-corrected chi connectivity index (χ0v) is 7.62. The summed E-state index contributed by atoms with van der Waals surface area (Å²) < 4.78 is 0. The van der Waals surface area contributed by atoms with E-state index < -0.39 is 0 Å². The minimum Gasteiger partial charge on any atom is -0.389 e. The summed E-state index contributed by atoms with van der Waals surface area (Å²) >= 11 is 0. The molecule has 0 bridgehead atoms. The molecule has 1 N–H and O–H groups in total. The van der Waals surface area contributed by atoms with Gasteiger partial charge in [0.25, 0.3) is 0 Å². The molecule has 0 rings (SSSR count). The van der Waals surface area contributed by atoms with Crippen LogP contribution in [0.3, 0.4) is 0 Å². The summed E-state index contributed by atoms with van der Waals surface area (Å²) in [5, 5.41) is 8.84. The largest absolute Gasteiger partial charge is 0.389 e. The van der Waals surface area contributed by atoms with E-state index >= 15 is 0 Å². The van der Waals surface area contributed by atoms with E-state index in [1.807, 2.05) is 12.2 Å². The maximum absolute atomic E-state index is 8.84. The Kier molecular flexibility index (Phi) is 5.86. The molecular weight excluding hydrogens is 136 g/mol.